The van der Waals surface area contributed by atoms with E-state index < -0.39 is 0 Å². The Hall–Kier alpha value is -2.97. The Labute approximate surface area is 167 Å². The highest BCUT2D eigenvalue weighted by Crippen LogP contribution is 2.31. The number of rotatable bonds is 5. The summed E-state index contributed by atoms with van der Waals surface area (Å²) in [6.07, 6.45) is 3.78. The molecule has 1 fully saturated rings. The minimum atomic E-state index is 0.686. The Morgan fingerprint density at radius 2 is 2.04 bits per heavy atom. The summed E-state index contributed by atoms with van der Waals surface area (Å²) in [7, 11) is 0. The van der Waals surface area contributed by atoms with Crippen molar-refractivity contribution in [1.82, 2.24) is 15.3 Å². The summed E-state index contributed by atoms with van der Waals surface area (Å²) in [6.45, 7) is 3.83. The zero-order valence-corrected chi connectivity index (χ0v) is 16.3. The molecule has 0 aliphatic carbocycles. The molecule has 8 heteroatoms. The zero-order valence-electron chi connectivity index (χ0n) is 15.5. The highest BCUT2D eigenvalue weighted by molar-refractivity contribution is 7.17. The van der Waals surface area contributed by atoms with Crippen LogP contribution in [0.25, 0.3) is 15.8 Å². The van der Waals surface area contributed by atoms with E-state index in [1.807, 2.05) is 35.7 Å². The number of anilines is 3. The van der Waals surface area contributed by atoms with E-state index in [-0.39, 0.29) is 0 Å². The molecule has 28 heavy (non-hydrogen) atoms. The van der Waals surface area contributed by atoms with Crippen molar-refractivity contribution in [2.24, 2.45) is 5.73 Å². The van der Waals surface area contributed by atoms with Crippen LogP contribution < -0.4 is 21.3 Å². The summed E-state index contributed by atoms with van der Waals surface area (Å²) < 4.78 is 1.04. The topological polar surface area (TPSA) is 103 Å². The normalized spacial score (nSPS) is 15.4. The van der Waals surface area contributed by atoms with Gasteiger partial charge in [-0.2, -0.15) is 4.98 Å². The Morgan fingerprint density at radius 1 is 1.18 bits per heavy atom. The third-order valence-electron chi connectivity index (χ3n) is 4.73. The monoisotopic (exact) mass is 393 g/mol. The number of fused-ring (bicyclic) bond motifs is 1. The molecule has 1 saturated heterocycles. The minimum Gasteiger partial charge on any atom is -0.404 e. The van der Waals surface area contributed by atoms with Gasteiger partial charge in [-0.15, -0.1) is 11.3 Å². The first-order valence-corrected chi connectivity index (χ1v) is 10.2. The Balaban J connectivity index is 1.64. The molecule has 0 unspecified atom stereocenters. The van der Waals surface area contributed by atoms with Crippen LogP contribution in [0.4, 0.5) is 17.5 Å². The molecule has 0 amide bonds. The number of benzene rings is 1. The summed E-state index contributed by atoms with van der Waals surface area (Å²) in [4.78, 5) is 11.9. The number of allylic oxidation sites excluding steroid dienone is 1. The summed E-state index contributed by atoms with van der Waals surface area (Å²) in [5.41, 5.74) is 9.06. The Morgan fingerprint density at radius 3 is 2.82 bits per heavy atom. The molecule has 7 nitrogen and oxygen atoms in total. The highest BCUT2D eigenvalue weighted by Gasteiger charge is 2.16. The molecule has 3 aromatic rings. The molecular weight excluding hydrogens is 370 g/mol. The number of aromatic nitrogens is 2. The molecule has 1 aliphatic heterocycles. The van der Waals surface area contributed by atoms with E-state index in [0.29, 0.717) is 5.57 Å². The molecule has 4 rings (SSSR count). The predicted molar refractivity (Wildman–Crippen MR) is 118 cm³/mol. The van der Waals surface area contributed by atoms with Gasteiger partial charge in [0.1, 0.15) is 0 Å². The van der Waals surface area contributed by atoms with Gasteiger partial charge in [0, 0.05) is 43.3 Å². The van der Waals surface area contributed by atoms with E-state index in [1.54, 1.807) is 11.3 Å². The Kier molecular flexibility index (Phi) is 5.50. The number of nitrogens with one attached hydrogen (secondary N) is 3. The van der Waals surface area contributed by atoms with Crippen LogP contribution in [0.3, 0.4) is 0 Å². The first-order valence-electron chi connectivity index (χ1n) is 9.29. The molecule has 0 atom stereocenters. The Bertz CT molecular complexity index is 985. The molecule has 0 bridgehead atoms. The molecule has 0 spiro atoms. The van der Waals surface area contributed by atoms with Crippen LogP contribution in [0.15, 0.2) is 41.9 Å². The van der Waals surface area contributed by atoms with Crippen molar-refractivity contribution in [2.75, 3.05) is 36.4 Å². The summed E-state index contributed by atoms with van der Waals surface area (Å²) >= 11 is 1.63. The fourth-order valence-corrected chi connectivity index (χ4v) is 4.01. The minimum absolute atomic E-state index is 0.686. The largest absolute Gasteiger partial charge is 0.404 e. The van der Waals surface area contributed by atoms with E-state index in [0.717, 1.165) is 65.8 Å². The molecule has 0 radical (unpaired) electrons. The number of hydrogen-bond acceptors (Lipinski definition) is 8. The van der Waals surface area contributed by atoms with E-state index in [4.69, 9.17) is 21.1 Å². The average molecular weight is 394 g/mol. The predicted octanol–water partition coefficient (Wildman–Crippen LogP) is 3.18. The maximum absolute atomic E-state index is 7.43. The van der Waals surface area contributed by atoms with Gasteiger partial charge in [0.25, 0.3) is 0 Å². The van der Waals surface area contributed by atoms with Gasteiger partial charge in [0.05, 0.1) is 10.2 Å². The van der Waals surface area contributed by atoms with Gasteiger partial charge in [0.2, 0.25) is 5.95 Å². The van der Waals surface area contributed by atoms with Gasteiger partial charge in [-0.25, -0.2) is 4.98 Å². The van der Waals surface area contributed by atoms with Crippen molar-refractivity contribution < 1.29 is 0 Å². The maximum Gasteiger partial charge on any atom is 0.228 e. The van der Waals surface area contributed by atoms with E-state index >= 15 is 0 Å². The lowest BCUT2D eigenvalue weighted by molar-refractivity contribution is 0.724. The average Bonchev–Trinajstić information content (AvgIpc) is 3.03. The van der Waals surface area contributed by atoms with Crippen molar-refractivity contribution in [3.05, 3.63) is 47.5 Å². The van der Waals surface area contributed by atoms with Crippen LogP contribution in [0.1, 0.15) is 12.0 Å². The molecule has 3 heterocycles. The van der Waals surface area contributed by atoms with Crippen LogP contribution in [0.5, 0.6) is 0 Å². The zero-order chi connectivity index (χ0) is 19.3. The van der Waals surface area contributed by atoms with Crippen molar-refractivity contribution >= 4 is 50.8 Å². The van der Waals surface area contributed by atoms with Gasteiger partial charge >= 0.3 is 0 Å². The van der Waals surface area contributed by atoms with Gasteiger partial charge in [-0.1, -0.05) is 12.1 Å². The molecule has 2 aromatic heterocycles. The number of thiophene rings is 1. The lowest BCUT2D eigenvalue weighted by atomic mass is 10.1. The standard InChI is InChI=1S/C20H23N7S/c21-12-15(13-22)14-2-4-16(5-3-14)24-19-18-17(6-11-28-18)25-20(26-19)27-9-1-7-23-8-10-27/h2-6,11-13,21,23H,1,7-10,22H2,(H,24,25,26)/b15-13+,21-12?. The first-order chi connectivity index (χ1) is 13.8. The van der Waals surface area contributed by atoms with Crippen LogP contribution in [0, 0.1) is 5.41 Å². The van der Waals surface area contributed by atoms with Crippen LogP contribution in [0.2, 0.25) is 0 Å². The SMILES string of the molecule is N=C/C(=C\N)c1ccc(Nc2nc(N3CCCNCC3)nc3ccsc23)cc1. The van der Waals surface area contributed by atoms with Gasteiger partial charge in [-0.3, -0.25) is 0 Å². The lowest BCUT2D eigenvalue weighted by Gasteiger charge is -2.20. The van der Waals surface area contributed by atoms with Gasteiger partial charge < -0.3 is 26.7 Å². The molecule has 0 saturated carbocycles. The molecule has 1 aromatic carbocycles. The fraction of sp³-hybridized carbons (Fsp3) is 0.250. The number of nitrogens with two attached hydrogens (primary N) is 1. The second-order valence-electron chi connectivity index (χ2n) is 6.57. The second-order valence-corrected chi connectivity index (χ2v) is 7.48. The van der Waals surface area contributed by atoms with Crippen LogP contribution >= 0.6 is 11.3 Å². The summed E-state index contributed by atoms with van der Waals surface area (Å²) in [6, 6.07) is 9.87. The van der Waals surface area contributed by atoms with Crippen LogP contribution in [-0.2, 0) is 0 Å². The fourth-order valence-electron chi connectivity index (χ4n) is 3.23. The van der Waals surface area contributed by atoms with E-state index in [1.165, 1.54) is 12.4 Å². The first kappa shape index (κ1) is 18.4. The molecule has 1 aliphatic rings. The lowest BCUT2D eigenvalue weighted by Crippen LogP contribution is -2.29. The van der Waals surface area contributed by atoms with Gasteiger partial charge in [0.15, 0.2) is 5.82 Å². The summed E-state index contributed by atoms with van der Waals surface area (Å²) in [5, 5.41) is 16.3. The third kappa shape index (κ3) is 3.83. The molecular formula is C20H23N7S. The number of hydrogen-bond donors (Lipinski definition) is 4. The quantitative estimate of drug-likeness (QED) is 0.497. The van der Waals surface area contributed by atoms with E-state index in [9.17, 15) is 0 Å². The number of nitrogens with zero attached hydrogens (tertiary/aromatic N) is 3. The highest BCUT2D eigenvalue weighted by atomic mass is 32.1. The smallest absolute Gasteiger partial charge is 0.228 e. The third-order valence-corrected chi connectivity index (χ3v) is 5.64. The van der Waals surface area contributed by atoms with Crippen molar-refractivity contribution in [3.8, 4) is 0 Å². The van der Waals surface area contributed by atoms with Crippen LogP contribution in [-0.4, -0.2) is 42.4 Å². The van der Waals surface area contributed by atoms with Crippen molar-refractivity contribution in [1.29, 1.82) is 5.41 Å². The molecule has 144 valence electrons. The molecule has 5 N–H and O–H groups in total. The van der Waals surface area contributed by atoms with Crippen molar-refractivity contribution in [2.45, 2.75) is 6.42 Å². The maximum atomic E-state index is 7.43. The van der Waals surface area contributed by atoms with Gasteiger partial charge in [-0.05, 0) is 42.1 Å². The van der Waals surface area contributed by atoms with Crippen molar-refractivity contribution in [3.63, 3.8) is 0 Å². The van der Waals surface area contributed by atoms with E-state index in [2.05, 4.69) is 15.5 Å². The second kappa shape index (κ2) is 8.37. The summed E-state index contributed by atoms with van der Waals surface area (Å²) in [5.74, 6) is 1.59.